The van der Waals surface area contributed by atoms with Crippen LogP contribution in [0, 0.1) is 0 Å². The fourth-order valence-corrected chi connectivity index (χ4v) is 2.82. The monoisotopic (exact) mass is 498 g/mol. The number of aliphatic carboxylic acids is 2. The maximum atomic E-state index is 10.4. The Bertz CT molecular complexity index is 914. The number of benzene rings is 3. The largest absolute Gasteiger partial charge is 0.549 e. The minimum Gasteiger partial charge on any atom is -0.549 e. The molecule has 0 radical (unpaired) electrons. The van der Waals surface area contributed by atoms with Crippen molar-refractivity contribution in [2.24, 2.45) is 0 Å². The fraction of sp³-hybridized carbons (Fsp3) is 0.130. The van der Waals surface area contributed by atoms with E-state index < -0.39 is 17.9 Å². The third kappa shape index (κ3) is 12.6. The summed E-state index contributed by atoms with van der Waals surface area (Å²) in [5.41, 5.74) is 10.00. The lowest BCUT2D eigenvalue weighted by Crippen LogP contribution is -2.47. The second kappa shape index (κ2) is 17.6. The van der Waals surface area contributed by atoms with Gasteiger partial charge in [0.1, 0.15) is 0 Å². The summed E-state index contributed by atoms with van der Waals surface area (Å²) >= 11 is 11.4. The molecule has 0 amide bonds. The van der Waals surface area contributed by atoms with Crippen LogP contribution in [0.2, 0.25) is 10.0 Å². The number of carboxylic acids is 2. The molecule has 0 saturated carbocycles. The van der Waals surface area contributed by atoms with Gasteiger partial charge in [-0.15, -0.1) is 0 Å². The highest BCUT2D eigenvalue weighted by atomic mass is 35.5. The first kappa shape index (κ1) is 32.2. The van der Waals surface area contributed by atoms with E-state index in [1.165, 1.54) is 23.3 Å². The number of hydrogen-bond acceptors (Lipinski definition) is 4. The van der Waals surface area contributed by atoms with Crippen molar-refractivity contribution >= 4 is 35.1 Å². The Morgan fingerprint density at radius 2 is 1.09 bits per heavy atom. The lowest BCUT2D eigenvalue weighted by Gasteiger charge is -2.18. The van der Waals surface area contributed by atoms with Gasteiger partial charge in [0.2, 0.25) is 0 Å². The molecule has 8 nitrogen and oxygen atoms in total. The topological polar surface area (TPSA) is 199 Å². The van der Waals surface area contributed by atoms with Crippen LogP contribution < -0.4 is 21.7 Å². The molecule has 0 heterocycles. The van der Waals surface area contributed by atoms with E-state index in [-0.39, 0.29) is 16.5 Å². The molecular formula is C23H28Cl2N2O6. The van der Waals surface area contributed by atoms with Gasteiger partial charge in [-0.1, -0.05) is 77.8 Å². The van der Waals surface area contributed by atoms with Crippen LogP contribution in [0.1, 0.15) is 22.6 Å². The van der Waals surface area contributed by atoms with Gasteiger partial charge >= 0.3 is 0 Å². The second-order valence-corrected chi connectivity index (χ2v) is 7.11. The first-order valence-corrected chi connectivity index (χ1v) is 10.1. The van der Waals surface area contributed by atoms with Crippen molar-refractivity contribution in [3.05, 3.63) is 106 Å². The van der Waals surface area contributed by atoms with Gasteiger partial charge in [0.25, 0.3) is 0 Å². The molecule has 33 heavy (non-hydrogen) atoms. The van der Waals surface area contributed by atoms with Gasteiger partial charge in [-0.3, -0.25) is 0 Å². The first-order chi connectivity index (χ1) is 14.8. The highest BCUT2D eigenvalue weighted by molar-refractivity contribution is 6.30. The molecule has 3 rings (SSSR count). The average Bonchev–Trinajstić information content (AvgIpc) is 2.75. The second-order valence-electron chi connectivity index (χ2n) is 6.24. The van der Waals surface area contributed by atoms with Gasteiger partial charge in [0, 0.05) is 21.2 Å². The predicted molar refractivity (Wildman–Crippen MR) is 123 cm³/mol. The number of halogens is 2. The summed E-state index contributed by atoms with van der Waals surface area (Å²) in [5.74, 6) is -5.02. The summed E-state index contributed by atoms with van der Waals surface area (Å²) in [5, 5.41) is 22.4. The van der Waals surface area contributed by atoms with Crippen molar-refractivity contribution in [3.8, 4) is 0 Å². The van der Waals surface area contributed by atoms with Gasteiger partial charge in [0.05, 0.1) is 30.9 Å². The standard InChI is InChI=1S/C9H8O4.2C7H8ClN.2H2O/c10-8(11)7(9(12)13)6-4-2-1-3-5-6;2*8-7-3-1-2-6(4-7)5-9;;/h1-5,7H,(H,10,11)(H,12,13);2*1-4H,5,9H2;2*1H2. The van der Waals surface area contributed by atoms with Gasteiger partial charge in [-0.05, 0) is 29.8 Å². The fourth-order valence-electron chi connectivity index (χ4n) is 2.40. The summed E-state index contributed by atoms with van der Waals surface area (Å²) in [6.45, 7) is 1.61. The number of hydrogen-bond donors (Lipinski definition) is 2. The van der Waals surface area contributed by atoms with Crippen molar-refractivity contribution in [3.63, 3.8) is 0 Å². The van der Waals surface area contributed by atoms with Crippen LogP contribution in [-0.2, 0) is 22.7 Å². The SMILES string of the molecule is O.O.O=C([O-])C(C(=O)[O-])c1ccccc1.[NH3+]Cc1cccc(Cl)c1.[NH3+]Cc1cccc(Cl)c1. The maximum Gasteiger partial charge on any atom is 0.0997 e. The third-order valence-electron chi connectivity index (χ3n) is 3.96. The number of quaternary nitrogens is 2. The highest BCUT2D eigenvalue weighted by Crippen LogP contribution is 2.13. The number of carboxylic acid groups (broad SMARTS) is 2. The Morgan fingerprint density at radius 3 is 1.36 bits per heavy atom. The van der Waals surface area contributed by atoms with Crippen LogP contribution in [0.5, 0.6) is 0 Å². The minimum atomic E-state index is -1.69. The van der Waals surface area contributed by atoms with E-state index in [0.29, 0.717) is 0 Å². The zero-order chi connectivity index (χ0) is 23.2. The van der Waals surface area contributed by atoms with Gasteiger partial charge in [-0.25, -0.2) is 0 Å². The van der Waals surface area contributed by atoms with Crippen LogP contribution in [0.3, 0.4) is 0 Å². The Hall–Kier alpha value is -2.98. The number of carbonyl (C=O) groups is 2. The van der Waals surface area contributed by atoms with Gasteiger partial charge in [-0.2, -0.15) is 0 Å². The molecule has 0 aromatic heterocycles. The minimum absolute atomic E-state index is 0. The molecular weight excluding hydrogens is 471 g/mol. The lowest BCUT2D eigenvalue weighted by atomic mass is 10.00. The van der Waals surface area contributed by atoms with E-state index in [0.717, 1.165) is 23.1 Å². The Labute approximate surface area is 202 Å². The molecule has 0 aliphatic carbocycles. The van der Waals surface area contributed by atoms with Gasteiger partial charge < -0.3 is 42.2 Å². The quantitative estimate of drug-likeness (QED) is 0.415. The zero-order valence-electron chi connectivity index (χ0n) is 17.8. The molecule has 10 heteroatoms. The normalized spacial score (nSPS) is 9.12. The molecule has 0 atom stereocenters. The molecule has 0 spiro atoms. The average molecular weight is 499 g/mol. The summed E-state index contributed by atoms with van der Waals surface area (Å²) in [7, 11) is 0. The number of carbonyl (C=O) groups excluding carboxylic acids is 2. The van der Waals surface area contributed by atoms with Crippen LogP contribution in [0.4, 0.5) is 0 Å². The van der Waals surface area contributed by atoms with Crippen molar-refractivity contribution in [2.45, 2.75) is 19.0 Å². The molecule has 0 aliphatic heterocycles. The van der Waals surface area contributed by atoms with Crippen LogP contribution in [0.25, 0.3) is 0 Å². The Balaban J connectivity index is 0. The van der Waals surface area contributed by atoms with Crippen molar-refractivity contribution in [2.75, 3.05) is 0 Å². The molecule has 180 valence electrons. The lowest BCUT2D eigenvalue weighted by molar-refractivity contribution is -0.386. The van der Waals surface area contributed by atoms with E-state index in [4.69, 9.17) is 23.2 Å². The van der Waals surface area contributed by atoms with E-state index in [1.54, 1.807) is 18.2 Å². The van der Waals surface area contributed by atoms with E-state index in [9.17, 15) is 19.8 Å². The van der Waals surface area contributed by atoms with Gasteiger partial charge in [0.15, 0.2) is 0 Å². The van der Waals surface area contributed by atoms with Crippen LogP contribution in [-0.4, -0.2) is 22.9 Å². The van der Waals surface area contributed by atoms with Crippen LogP contribution in [0.15, 0.2) is 78.9 Å². The predicted octanol–water partition coefficient (Wildman–Crippen LogP) is -1.22. The zero-order valence-corrected chi connectivity index (χ0v) is 19.3. The smallest absolute Gasteiger partial charge is 0.0997 e. The van der Waals surface area contributed by atoms with E-state index >= 15 is 0 Å². The first-order valence-electron chi connectivity index (χ1n) is 9.32. The molecule has 3 aromatic rings. The maximum absolute atomic E-state index is 10.4. The Kier molecular flexibility index (Phi) is 17.1. The molecule has 0 unspecified atom stereocenters. The van der Waals surface area contributed by atoms with E-state index in [1.807, 2.05) is 48.5 Å². The third-order valence-corrected chi connectivity index (χ3v) is 4.43. The number of rotatable bonds is 5. The summed E-state index contributed by atoms with van der Waals surface area (Å²) < 4.78 is 0. The van der Waals surface area contributed by atoms with Crippen LogP contribution >= 0.6 is 23.2 Å². The Morgan fingerprint density at radius 1 is 0.697 bits per heavy atom. The molecule has 0 saturated heterocycles. The molecule has 0 fully saturated rings. The molecule has 3 aromatic carbocycles. The summed E-state index contributed by atoms with van der Waals surface area (Å²) in [6.07, 6.45) is 0. The summed E-state index contributed by atoms with van der Waals surface area (Å²) in [4.78, 5) is 20.8. The van der Waals surface area contributed by atoms with Crippen molar-refractivity contribution in [1.82, 2.24) is 0 Å². The van der Waals surface area contributed by atoms with E-state index in [2.05, 4.69) is 11.5 Å². The molecule has 10 N–H and O–H groups in total. The van der Waals surface area contributed by atoms with Crippen molar-refractivity contribution < 1.29 is 42.2 Å². The highest BCUT2D eigenvalue weighted by Gasteiger charge is 2.12. The van der Waals surface area contributed by atoms with Crippen molar-refractivity contribution in [1.29, 1.82) is 0 Å². The molecule has 0 bridgehead atoms. The molecule has 0 aliphatic rings. The summed E-state index contributed by atoms with van der Waals surface area (Å²) in [6, 6.07) is 23.0.